The highest BCUT2D eigenvalue weighted by atomic mass is 32.1. The number of methoxy groups -OCH3 is 2. The van der Waals surface area contributed by atoms with Gasteiger partial charge in [-0.15, -0.1) is 11.3 Å². The molecule has 0 aliphatic rings. The van der Waals surface area contributed by atoms with E-state index in [1.54, 1.807) is 7.11 Å². The van der Waals surface area contributed by atoms with Gasteiger partial charge in [0.25, 0.3) is 0 Å². The van der Waals surface area contributed by atoms with E-state index in [9.17, 15) is 4.79 Å². The molecule has 0 atom stereocenters. The van der Waals surface area contributed by atoms with Crippen LogP contribution in [0, 0.1) is 0 Å². The SMILES string of the molecule is COCc1ccccc1-c1ncc(C(=O)OC)s1. The van der Waals surface area contributed by atoms with Crippen LogP contribution in [0.1, 0.15) is 15.2 Å². The summed E-state index contributed by atoms with van der Waals surface area (Å²) in [5, 5.41) is 0.794. The van der Waals surface area contributed by atoms with Crippen LogP contribution in [0.25, 0.3) is 10.6 Å². The van der Waals surface area contributed by atoms with Crippen molar-refractivity contribution in [3.8, 4) is 10.6 Å². The molecule has 2 rings (SSSR count). The summed E-state index contributed by atoms with van der Waals surface area (Å²) in [7, 11) is 3.01. The molecule has 0 amide bonds. The van der Waals surface area contributed by atoms with Crippen LogP contribution in [0.5, 0.6) is 0 Å². The van der Waals surface area contributed by atoms with Gasteiger partial charge in [-0.1, -0.05) is 24.3 Å². The van der Waals surface area contributed by atoms with E-state index in [-0.39, 0.29) is 5.97 Å². The van der Waals surface area contributed by atoms with Crippen molar-refractivity contribution in [1.29, 1.82) is 0 Å². The fourth-order valence-corrected chi connectivity index (χ4v) is 2.50. The Labute approximate surface area is 109 Å². The number of benzene rings is 1. The highest BCUT2D eigenvalue weighted by molar-refractivity contribution is 7.16. The van der Waals surface area contributed by atoms with Crippen LogP contribution in [-0.2, 0) is 16.1 Å². The van der Waals surface area contributed by atoms with Gasteiger partial charge in [-0.3, -0.25) is 0 Å². The van der Waals surface area contributed by atoms with Crippen molar-refractivity contribution in [3.05, 3.63) is 40.9 Å². The largest absolute Gasteiger partial charge is 0.465 e. The molecule has 1 aromatic heterocycles. The predicted molar refractivity (Wildman–Crippen MR) is 69.6 cm³/mol. The number of thiazole rings is 1. The monoisotopic (exact) mass is 263 g/mol. The van der Waals surface area contributed by atoms with Gasteiger partial charge >= 0.3 is 5.97 Å². The molecule has 0 unspecified atom stereocenters. The van der Waals surface area contributed by atoms with E-state index in [0.29, 0.717) is 11.5 Å². The Kier molecular flexibility index (Phi) is 4.07. The number of esters is 1. The molecule has 2 aromatic rings. The summed E-state index contributed by atoms with van der Waals surface area (Å²) < 4.78 is 9.82. The van der Waals surface area contributed by atoms with E-state index < -0.39 is 0 Å². The summed E-state index contributed by atoms with van der Waals surface area (Å²) >= 11 is 1.32. The highest BCUT2D eigenvalue weighted by Gasteiger charge is 2.13. The third kappa shape index (κ3) is 2.57. The Bertz CT molecular complexity index is 551. The summed E-state index contributed by atoms with van der Waals surface area (Å²) in [6.07, 6.45) is 1.54. The molecule has 0 aliphatic carbocycles. The normalized spacial score (nSPS) is 10.3. The summed E-state index contributed by atoms with van der Waals surface area (Å²) in [5.41, 5.74) is 2.03. The number of rotatable bonds is 4. The lowest BCUT2D eigenvalue weighted by molar-refractivity contribution is 0.0606. The molecule has 1 aromatic carbocycles. The number of nitrogens with zero attached hydrogens (tertiary/aromatic N) is 1. The van der Waals surface area contributed by atoms with Crippen LogP contribution < -0.4 is 0 Å². The van der Waals surface area contributed by atoms with Crippen molar-refractivity contribution in [2.24, 2.45) is 0 Å². The average molecular weight is 263 g/mol. The smallest absolute Gasteiger partial charge is 0.349 e. The first-order chi connectivity index (χ1) is 8.76. The maximum Gasteiger partial charge on any atom is 0.349 e. The van der Waals surface area contributed by atoms with Gasteiger partial charge in [-0.2, -0.15) is 0 Å². The average Bonchev–Trinajstić information content (AvgIpc) is 2.88. The van der Waals surface area contributed by atoms with Crippen LogP contribution in [0.15, 0.2) is 30.5 Å². The number of hydrogen-bond acceptors (Lipinski definition) is 5. The molecule has 5 heteroatoms. The van der Waals surface area contributed by atoms with Gasteiger partial charge < -0.3 is 9.47 Å². The van der Waals surface area contributed by atoms with Crippen LogP contribution in [0.2, 0.25) is 0 Å². The van der Waals surface area contributed by atoms with Crippen molar-refractivity contribution in [1.82, 2.24) is 4.98 Å². The second-order valence-electron chi connectivity index (χ2n) is 3.61. The first-order valence-electron chi connectivity index (χ1n) is 5.37. The Morgan fingerprint density at radius 1 is 1.33 bits per heavy atom. The number of aromatic nitrogens is 1. The molecule has 0 fully saturated rings. The van der Waals surface area contributed by atoms with Gasteiger partial charge in [-0.05, 0) is 5.56 Å². The number of carbonyl (C=O) groups is 1. The Hall–Kier alpha value is -1.72. The minimum absolute atomic E-state index is 0.358. The zero-order chi connectivity index (χ0) is 13.0. The van der Waals surface area contributed by atoms with Crippen LogP contribution in [0.4, 0.5) is 0 Å². The summed E-state index contributed by atoms with van der Waals surface area (Å²) in [5.74, 6) is -0.358. The van der Waals surface area contributed by atoms with Gasteiger partial charge in [-0.25, -0.2) is 9.78 Å². The van der Waals surface area contributed by atoms with Gasteiger partial charge in [0.1, 0.15) is 9.88 Å². The van der Waals surface area contributed by atoms with Crippen LogP contribution >= 0.6 is 11.3 Å². The molecule has 0 radical (unpaired) electrons. The number of carbonyl (C=O) groups excluding carboxylic acids is 1. The fraction of sp³-hybridized carbons (Fsp3) is 0.231. The molecule has 0 aliphatic heterocycles. The first kappa shape index (κ1) is 12.7. The van der Waals surface area contributed by atoms with Crippen molar-refractivity contribution in [2.75, 3.05) is 14.2 Å². The molecule has 94 valence electrons. The summed E-state index contributed by atoms with van der Waals surface area (Å²) in [6, 6.07) is 7.84. The molecule has 0 saturated carbocycles. The van der Waals surface area contributed by atoms with E-state index in [0.717, 1.165) is 16.1 Å². The molecule has 0 N–H and O–H groups in total. The summed E-state index contributed by atoms with van der Waals surface area (Å²) in [6.45, 7) is 0.517. The third-order valence-electron chi connectivity index (χ3n) is 2.44. The van der Waals surface area contributed by atoms with Gasteiger partial charge in [0.15, 0.2) is 0 Å². The quantitative estimate of drug-likeness (QED) is 0.796. The lowest BCUT2D eigenvalue weighted by atomic mass is 10.1. The lowest BCUT2D eigenvalue weighted by Gasteiger charge is -2.05. The van der Waals surface area contributed by atoms with Gasteiger partial charge in [0, 0.05) is 12.7 Å². The number of ether oxygens (including phenoxy) is 2. The van der Waals surface area contributed by atoms with Crippen molar-refractivity contribution in [3.63, 3.8) is 0 Å². The molecule has 4 nitrogen and oxygen atoms in total. The van der Waals surface area contributed by atoms with Crippen LogP contribution in [-0.4, -0.2) is 25.2 Å². The van der Waals surface area contributed by atoms with Crippen LogP contribution in [0.3, 0.4) is 0 Å². The standard InChI is InChI=1S/C13H13NO3S/c1-16-8-9-5-3-4-6-10(9)12-14-7-11(18-12)13(15)17-2/h3-7H,8H2,1-2H3. The van der Waals surface area contributed by atoms with Crippen molar-refractivity contribution >= 4 is 17.3 Å². The third-order valence-corrected chi connectivity index (χ3v) is 3.45. The maximum absolute atomic E-state index is 11.4. The van der Waals surface area contributed by atoms with Crippen molar-refractivity contribution < 1.29 is 14.3 Å². The van der Waals surface area contributed by atoms with Gasteiger partial charge in [0.2, 0.25) is 0 Å². The van der Waals surface area contributed by atoms with Crippen molar-refractivity contribution in [2.45, 2.75) is 6.61 Å². The zero-order valence-electron chi connectivity index (χ0n) is 10.2. The highest BCUT2D eigenvalue weighted by Crippen LogP contribution is 2.28. The van der Waals surface area contributed by atoms with E-state index in [1.807, 2.05) is 24.3 Å². The minimum atomic E-state index is -0.358. The number of hydrogen-bond donors (Lipinski definition) is 0. The molecule has 0 spiro atoms. The van der Waals surface area contributed by atoms with E-state index in [2.05, 4.69) is 9.72 Å². The minimum Gasteiger partial charge on any atom is -0.465 e. The molecular formula is C13H13NO3S. The first-order valence-corrected chi connectivity index (χ1v) is 6.19. The van der Waals surface area contributed by atoms with Gasteiger partial charge in [0.05, 0.1) is 19.9 Å². The topological polar surface area (TPSA) is 48.4 Å². The maximum atomic E-state index is 11.4. The molecular weight excluding hydrogens is 250 g/mol. The molecule has 1 heterocycles. The summed E-state index contributed by atoms with van der Waals surface area (Å²) in [4.78, 5) is 16.2. The Morgan fingerprint density at radius 2 is 2.11 bits per heavy atom. The second kappa shape index (κ2) is 5.75. The second-order valence-corrected chi connectivity index (χ2v) is 4.64. The molecule has 0 saturated heterocycles. The Morgan fingerprint density at radius 3 is 2.83 bits per heavy atom. The Balaban J connectivity index is 2.36. The van der Waals surface area contributed by atoms with E-state index in [4.69, 9.17) is 4.74 Å². The molecule has 18 heavy (non-hydrogen) atoms. The molecule has 0 bridgehead atoms. The van der Waals surface area contributed by atoms with E-state index >= 15 is 0 Å². The zero-order valence-corrected chi connectivity index (χ0v) is 11.0. The lowest BCUT2D eigenvalue weighted by Crippen LogP contribution is -1.96. The fourth-order valence-electron chi connectivity index (χ4n) is 1.60. The predicted octanol–water partition coefficient (Wildman–Crippen LogP) is 2.74. The van der Waals surface area contributed by atoms with E-state index in [1.165, 1.54) is 24.6 Å².